The van der Waals surface area contributed by atoms with Crippen molar-refractivity contribution in [1.29, 1.82) is 0 Å². The molecule has 0 radical (unpaired) electrons. The molecule has 4 nitrogen and oxygen atoms in total. The van der Waals surface area contributed by atoms with Crippen molar-refractivity contribution in [2.75, 3.05) is 5.75 Å². The fourth-order valence-corrected chi connectivity index (χ4v) is 2.88. The molecule has 1 aliphatic heterocycles. The molecule has 1 aromatic heterocycles. The Morgan fingerprint density at radius 1 is 1.73 bits per heavy atom. The highest BCUT2D eigenvalue weighted by atomic mass is 32.2. The summed E-state index contributed by atoms with van der Waals surface area (Å²) in [6.45, 7) is 1.94. The highest BCUT2D eigenvalue weighted by Crippen LogP contribution is 2.33. The van der Waals surface area contributed by atoms with Gasteiger partial charge in [0.1, 0.15) is 6.04 Å². The van der Waals surface area contributed by atoms with E-state index in [0.717, 1.165) is 11.3 Å². The first-order chi connectivity index (χ1) is 7.18. The highest BCUT2D eigenvalue weighted by Gasteiger charge is 2.30. The number of hydrogen-bond donors (Lipinski definition) is 2. The molecule has 1 saturated heterocycles. The van der Waals surface area contributed by atoms with Gasteiger partial charge in [-0.25, -0.2) is 0 Å². The Balaban J connectivity index is 2.14. The lowest BCUT2D eigenvalue weighted by molar-refractivity contribution is -0.138. The first-order valence-electron chi connectivity index (χ1n) is 4.70. The van der Waals surface area contributed by atoms with E-state index < -0.39 is 12.0 Å². The number of pyridine rings is 1. The Kier molecular flexibility index (Phi) is 2.93. The van der Waals surface area contributed by atoms with Crippen molar-refractivity contribution < 1.29 is 9.90 Å². The Morgan fingerprint density at radius 3 is 3.13 bits per heavy atom. The summed E-state index contributed by atoms with van der Waals surface area (Å²) in [5.41, 5.74) is 2.03. The number of thioether (sulfide) groups is 1. The Morgan fingerprint density at radius 2 is 2.53 bits per heavy atom. The van der Waals surface area contributed by atoms with Gasteiger partial charge in [-0.2, -0.15) is 0 Å². The molecule has 5 heteroatoms. The number of nitrogens with one attached hydrogen (secondary N) is 1. The molecule has 1 unspecified atom stereocenters. The van der Waals surface area contributed by atoms with Crippen molar-refractivity contribution >= 4 is 17.7 Å². The summed E-state index contributed by atoms with van der Waals surface area (Å²) in [4.78, 5) is 15.0. The van der Waals surface area contributed by atoms with Gasteiger partial charge in [-0.05, 0) is 13.0 Å². The Hall–Kier alpha value is -1.07. The molecule has 0 bridgehead atoms. The van der Waals surface area contributed by atoms with E-state index in [0.29, 0.717) is 5.75 Å². The monoisotopic (exact) mass is 224 g/mol. The third-order valence-electron chi connectivity index (χ3n) is 2.41. The predicted octanol–water partition coefficient (Wildman–Crippen LogP) is 1.18. The molecule has 2 atom stereocenters. The number of carboxylic acids is 1. The van der Waals surface area contributed by atoms with Gasteiger partial charge in [-0.3, -0.25) is 15.1 Å². The number of aliphatic carboxylic acids is 1. The molecule has 1 fully saturated rings. The fraction of sp³-hybridized carbons (Fsp3) is 0.400. The van der Waals surface area contributed by atoms with Crippen LogP contribution in [0, 0.1) is 6.92 Å². The number of aryl methyl sites for hydroxylation is 1. The standard InChI is InChI=1S/C10H12N2O2S/c1-6-7(3-2-4-11-6)9-12-8(5-15-9)10(13)14/h2-4,8-9,12H,5H2,1H3,(H,13,14)/t8-,9?/m0/s1. The van der Waals surface area contributed by atoms with E-state index in [1.807, 2.05) is 19.1 Å². The van der Waals surface area contributed by atoms with Crippen LogP contribution in [-0.4, -0.2) is 27.9 Å². The maximum atomic E-state index is 10.8. The zero-order valence-corrected chi connectivity index (χ0v) is 9.12. The normalized spacial score (nSPS) is 25.4. The zero-order valence-electron chi connectivity index (χ0n) is 8.30. The van der Waals surface area contributed by atoms with Gasteiger partial charge in [0.15, 0.2) is 0 Å². The smallest absolute Gasteiger partial charge is 0.321 e. The molecule has 15 heavy (non-hydrogen) atoms. The summed E-state index contributed by atoms with van der Waals surface area (Å²) in [5, 5.41) is 12.0. The molecular formula is C10H12N2O2S. The van der Waals surface area contributed by atoms with Gasteiger partial charge in [-0.1, -0.05) is 6.07 Å². The van der Waals surface area contributed by atoms with Gasteiger partial charge in [0.05, 0.1) is 5.37 Å². The van der Waals surface area contributed by atoms with E-state index in [9.17, 15) is 4.79 Å². The van der Waals surface area contributed by atoms with Crippen molar-refractivity contribution in [2.24, 2.45) is 0 Å². The molecule has 2 rings (SSSR count). The summed E-state index contributed by atoms with van der Waals surface area (Å²) < 4.78 is 0. The van der Waals surface area contributed by atoms with Crippen molar-refractivity contribution in [3.63, 3.8) is 0 Å². The van der Waals surface area contributed by atoms with Crippen molar-refractivity contribution in [1.82, 2.24) is 10.3 Å². The second-order valence-electron chi connectivity index (χ2n) is 3.45. The number of carbonyl (C=O) groups is 1. The van der Waals surface area contributed by atoms with Crippen LogP contribution < -0.4 is 5.32 Å². The minimum atomic E-state index is -0.786. The summed E-state index contributed by atoms with van der Waals surface area (Å²) in [6, 6.07) is 3.41. The topological polar surface area (TPSA) is 62.2 Å². The van der Waals surface area contributed by atoms with E-state index in [2.05, 4.69) is 10.3 Å². The highest BCUT2D eigenvalue weighted by molar-refractivity contribution is 7.99. The van der Waals surface area contributed by atoms with Gasteiger partial charge < -0.3 is 5.11 Å². The van der Waals surface area contributed by atoms with E-state index in [-0.39, 0.29) is 5.37 Å². The van der Waals surface area contributed by atoms with Crippen LogP contribution in [0.5, 0.6) is 0 Å². The maximum Gasteiger partial charge on any atom is 0.321 e. The minimum Gasteiger partial charge on any atom is -0.480 e. The Labute approximate surface area is 92.1 Å². The second kappa shape index (κ2) is 4.20. The molecular weight excluding hydrogens is 212 g/mol. The average Bonchev–Trinajstić information content (AvgIpc) is 2.67. The number of hydrogen-bond acceptors (Lipinski definition) is 4. The maximum absolute atomic E-state index is 10.8. The summed E-state index contributed by atoms with van der Waals surface area (Å²) in [7, 11) is 0. The first kappa shape index (κ1) is 10.4. The predicted molar refractivity (Wildman–Crippen MR) is 58.7 cm³/mol. The van der Waals surface area contributed by atoms with Gasteiger partial charge in [0.2, 0.25) is 0 Å². The van der Waals surface area contributed by atoms with Crippen molar-refractivity contribution in [3.8, 4) is 0 Å². The number of nitrogens with zero attached hydrogens (tertiary/aromatic N) is 1. The van der Waals surface area contributed by atoms with Crippen LogP contribution in [0.4, 0.5) is 0 Å². The molecule has 0 spiro atoms. The van der Waals surface area contributed by atoms with Crippen molar-refractivity contribution in [2.45, 2.75) is 18.3 Å². The molecule has 80 valence electrons. The van der Waals surface area contributed by atoms with Crippen LogP contribution in [0.2, 0.25) is 0 Å². The van der Waals surface area contributed by atoms with Crippen LogP contribution >= 0.6 is 11.8 Å². The molecule has 2 heterocycles. The lowest BCUT2D eigenvalue weighted by Crippen LogP contribution is -2.33. The van der Waals surface area contributed by atoms with Crippen LogP contribution in [0.3, 0.4) is 0 Å². The third kappa shape index (κ3) is 2.13. The zero-order chi connectivity index (χ0) is 10.8. The van der Waals surface area contributed by atoms with Crippen LogP contribution in [0.25, 0.3) is 0 Å². The number of carboxylic acid groups (broad SMARTS) is 1. The largest absolute Gasteiger partial charge is 0.480 e. The van der Waals surface area contributed by atoms with E-state index in [4.69, 9.17) is 5.11 Å². The molecule has 0 aromatic carbocycles. The second-order valence-corrected chi connectivity index (χ2v) is 4.59. The SMILES string of the molecule is Cc1ncccc1C1N[C@H](C(=O)O)CS1. The van der Waals surface area contributed by atoms with Gasteiger partial charge in [0, 0.05) is 23.2 Å². The lowest BCUT2D eigenvalue weighted by Gasteiger charge is -2.12. The lowest BCUT2D eigenvalue weighted by atomic mass is 10.2. The first-order valence-corrected chi connectivity index (χ1v) is 5.75. The quantitative estimate of drug-likeness (QED) is 0.789. The van der Waals surface area contributed by atoms with Gasteiger partial charge >= 0.3 is 5.97 Å². The van der Waals surface area contributed by atoms with Gasteiger partial charge in [-0.15, -0.1) is 11.8 Å². The molecule has 0 amide bonds. The molecule has 0 saturated carbocycles. The average molecular weight is 224 g/mol. The Bertz CT molecular complexity index is 383. The van der Waals surface area contributed by atoms with Crippen LogP contribution in [0.15, 0.2) is 18.3 Å². The molecule has 0 aliphatic carbocycles. The van der Waals surface area contributed by atoms with E-state index in [1.54, 1.807) is 18.0 Å². The molecule has 1 aliphatic rings. The number of aromatic nitrogens is 1. The summed E-state index contributed by atoms with van der Waals surface area (Å²) >= 11 is 1.61. The summed E-state index contributed by atoms with van der Waals surface area (Å²) in [6.07, 6.45) is 1.74. The molecule has 1 aromatic rings. The van der Waals surface area contributed by atoms with E-state index >= 15 is 0 Å². The summed E-state index contributed by atoms with van der Waals surface area (Å²) in [5.74, 6) is -0.180. The molecule has 2 N–H and O–H groups in total. The van der Waals surface area contributed by atoms with Gasteiger partial charge in [0.25, 0.3) is 0 Å². The minimum absolute atomic E-state index is 0.0554. The van der Waals surface area contributed by atoms with Crippen LogP contribution in [-0.2, 0) is 4.79 Å². The van der Waals surface area contributed by atoms with Crippen molar-refractivity contribution in [3.05, 3.63) is 29.6 Å². The van der Waals surface area contributed by atoms with Crippen LogP contribution in [0.1, 0.15) is 16.6 Å². The third-order valence-corrected chi connectivity index (χ3v) is 3.66. The fourth-order valence-electron chi connectivity index (χ4n) is 1.57. The number of rotatable bonds is 2. The van der Waals surface area contributed by atoms with E-state index in [1.165, 1.54) is 0 Å².